The maximum atomic E-state index is 12.9. The van der Waals surface area contributed by atoms with Gasteiger partial charge in [-0.1, -0.05) is 97.5 Å². The monoisotopic (exact) mass is 525 g/mol. The molecule has 1 heterocycles. The maximum Gasteiger partial charge on any atom is 0.252 e. The van der Waals surface area contributed by atoms with Gasteiger partial charge in [-0.2, -0.15) is 0 Å². The first-order valence-corrected chi connectivity index (χ1v) is 15.2. The van der Waals surface area contributed by atoms with Crippen molar-refractivity contribution in [2.75, 3.05) is 13.7 Å². The zero-order valence-electron chi connectivity index (χ0n) is 24.6. The Kier molecular flexibility index (Phi) is 16.2. The lowest BCUT2D eigenvalue weighted by Gasteiger charge is -2.19. The molecule has 2 aromatic rings. The molecule has 0 radical (unpaired) electrons. The molecule has 1 atom stereocenters. The molecule has 0 saturated carbocycles. The number of nitrogens with zero attached hydrogens (tertiary/aromatic N) is 1. The first-order valence-electron chi connectivity index (χ1n) is 15.2. The number of benzene rings is 1. The van der Waals surface area contributed by atoms with E-state index in [-0.39, 0.29) is 11.9 Å². The van der Waals surface area contributed by atoms with Crippen molar-refractivity contribution >= 4 is 5.91 Å². The SMILES string of the molecule is CCCCCCCCCCCCCCOc1ccc(C(CC)NC(=O)c2cc[n+](CCC)cc2)cc1OC. The molecule has 0 fully saturated rings. The number of carbonyl (C=O) groups is 1. The molecule has 5 nitrogen and oxygen atoms in total. The molecule has 212 valence electrons. The third kappa shape index (κ3) is 11.9. The summed E-state index contributed by atoms with van der Waals surface area (Å²) in [7, 11) is 1.67. The van der Waals surface area contributed by atoms with Gasteiger partial charge in [-0.25, -0.2) is 4.57 Å². The minimum Gasteiger partial charge on any atom is -0.493 e. The van der Waals surface area contributed by atoms with Gasteiger partial charge in [0.25, 0.3) is 5.91 Å². The Morgan fingerprint density at radius 1 is 0.789 bits per heavy atom. The third-order valence-corrected chi connectivity index (χ3v) is 7.19. The number of hydrogen-bond donors (Lipinski definition) is 1. The summed E-state index contributed by atoms with van der Waals surface area (Å²) in [5.74, 6) is 1.42. The highest BCUT2D eigenvalue weighted by molar-refractivity contribution is 5.94. The van der Waals surface area contributed by atoms with Crippen molar-refractivity contribution in [1.82, 2.24) is 5.32 Å². The van der Waals surface area contributed by atoms with E-state index >= 15 is 0 Å². The molecule has 1 N–H and O–H groups in total. The fourth-order valence-corrected chi connectivity index (χ4v) is 4.82. The van der Waals surface area contributed by atoms with Crippen molar-refractivity contribution in [1.29, 1.82) is 0 Å². The van der Waals surface area contributed by atoms with Crippen molar-refractivity contribution in [3.63, 3.8) is 0 Å². The summed E-state index contributed by atoms with van der Waals surface area (Å²) in [6.45, 7) is 8.15. The fourth-order valence-electron chi connectivity index (χ4n) is 4.82. The Balaban J connectivity index is 1.72. The largest absolute Gasteiger partial charge is 0.493 e. The summed E-state index contributed by atoms with van der Waals surface area (Å²) in [6.07, 6.45) is 21.8. The van der Waals surface area contributed by atoms with Gasteiger partial charge in [0.2, 0.25) is 0 Å². The van der Waals surface area contributed by atoms with Crippen molar-refractivity contribution in [3.05, 3.63) is 53.9 Å². The Hall–Kier alpha value is -2.56. The topological polar surface area (TPSA) is 51.4 Å². The number of ether oxygens (including phenoxy) is 2. The van der Waals surface area contributed by atoms with Crippen LogP contribution >= 0.6 is 0 Å². The molecule has 1 aromatic carbocycles. The number of pyridine rings is 1. The highest BCUT2D eigenvalue weighted by atomic mass is 16.5. The number of aromatic nitrogens is 1. The van der Waals surface area contributed by atoms with E-state index in [1.54, 1.807) is 7.11 Å². The van der Waals surface area contributed by atoms with E-state index in [9.17, 15) is 4.79 Å². The second kappa shape index (κ2) is 19.5. The number of unbranched alkanes of at least 4 members (excludes halogenated alkanes) is 11. The van der Waals surface area contributed by atoms with Crippen LogP contribution in [-0.4, -0.2) is 19.6 Å². The molecule has 0 aliphatic carbocycles. The van der Waals surface area contributed by atoms with E-state index in [4.69, 9.17) is 9.47 Å². The fraction of sp³-hybridized carbons (Fsp3) is 0.636. The van der Waals surface area contributed by atoms with Gasteiger partial charge in [0.05, 0.1) is 25.3 Å². The van der Waals surface area contributed by atoms with Gasteiger partial charge in [-0.3, -0.25) is 4.79 Å². The summed E-state index contributed by atoms with van der Waals surface area (Å²) in [4.78, 5) is 12.9. The van der Waals surface area contributed by atoms with E-state index in [1.165, 1.54) is 70.6 Å². The normalized spacial score (nSPS) is 11.8. The summed E-state index contributed by atoms with van der Waals surface area (Å²) < 4.78 is 13.8. The predicted molar refractivity (Wildman–Crippen MR) is 157 cm³/mol. The average Bonchev–Trinajstić information content (AvgIpc) is 2.94. The molecule has 0 saturated heterocycles. The van der Waals surface area contributed by atoms with Crippen molar-refractivity contribution in [2.45, 2.75) is 123 Å². The van der Waals surface area contributed by atoms with Crippen LogP contribution in [0.1, 0.15) is 133 Å². The number of amides is 1. The number of carbonyl (C=O) groups excluding carboxylic acids is 1. The Bertz CT molecular complexity index is 898. The van der Waals surface area contributed by atoms with Gasteiger partial charge in [-0.15, -0.1) is 0 Å². The van der Waals surface area contributed by atoms with Crippen LogP contribution in [0.5, 0.6) is 11.5 Å². The molecule has 1 aromatic heterocycles. The lowest BCUT2D eigenvalue weighted by atomic mass is 10.0. The molecule has 0 bridgehead atoms. The highest BCUT2D eigenvalue weighted by Crippen LogP contribution is 2.31. The Morgan fingerprint density at radius 2 is 1.39 bits per heavy atom. The molecule has 0 spiro atoms. The standard InChI is InChI=1S/C33H52N2O3/c1-5-8-9-10-11-12-13-14-15-16-17-18-26-38-31-20-19-29(27-32(31)37-4)30(7-3)34-33(36)28-21-24-35(23-6-2)25-22-28/h19-22,24-25,27,30H,5-18,23,26H2,1-4H3/p+1. The van der Waals surface area contributed by atoms with Crippen LogP contribution < -0.4 is 19.4 Å². The number of methoxy groups -OCH3 is 1. The molecule has 38 heavy (non-hydrogen) atoms. The number of nitrogens with one attached hydrogen (secondary N) is 1. The van der Waals surface area contributed by atoms with Crippen LogP contribution in [0, 0.1) is 0 Å². The maximum absolute atomic E-state index is 12.9. The average molecular weight is 526 g/mol. The molecule has 0 aliphatic heterocycles. The molecule has 5 heteroatoms. The van der Waals surface area contributed by atoms with Crippen LogP contribution in [0.25, 0.3) is 0 Å². The van der Waals surface area contributed by atoms with Crippen LogP contribution in [-0.2, 0) is 6.54 Å². The number of rotatable bonds is 21. The summed E-state index contributed by atoms with van der Waals surface area (Å²) in [5.41, 5.74) is 1.69. The van der Waals surface area contributed by atoms with Crippen molar-refractivity contribution < 1.29 is 18.8 Å². The summed E-state index contributed by atoms with van der Waals surface area (Å²) >= 11 is 0. The van der Waals surface area contributed by atoms with Gasteiger partial charge < -0.3 is 14.8 Å². The van der Waals surface area contributed by atoms with Crippen LogP contribution in [0.15, 0.2) is 42.7 Å². The third-order valence-electron chi connectivity index (χ3n) is 7.19. The minimum absolute atomic E-state index is 0.0632. The van der Waals surface area contributed by atoms with Gasteiger partial charge in [0.15, 0.2) is 23.9 Å². The minimum atomic E-state index is -0.0928. The smallest absolute Gasteiger partial charge is 0.252 e. The summed E-state index contributed by atoms with van der Waals surface area (Å²) in [5, 5.41) is 3.17. The van der Waals surface area contributed by atoms with Crippen LogP contribution in [0.2, 0.25) is 0 Å². The second-order valence-electron chi connectivity index (χ2n) is 10.4. The van der Waals surface area contributed by atoms with E-state index in [1.807, 2.05) is 42.7 Å². The number of aryl methyl sites for hydroxylation is 1. The van der Waals surface area contributed by atoms with Crippen molar-refractivity contribution in [3.8, 4) is 11.5 Å². The molecule has 2 rings (SSSR count). The molecular weight excluding hydrogens is 472 g/mol. The first kappa shape index (κ1) is 31.7. The highest BCUT2D eigenvalue weighted by Gasteiger charge is 2.17. The van der Waals surface area contributed by atoms with E-state index < -0.39 is 0 Å². The van der Waals surface area contributed by atoms with E-state index in [0.29, 0.717) is 12.2 Å². The Labute approximate surface area is 232 Å². The van der Waals surface area contributed by atoms with Crippen LogP contribution in [0.4, 0.5) is 0 Å². The molecule has 1 unspecified atom stereocenters. The lowest BCUT2D eigenvalue weighted by molar-refractivity contribution is -0.697. The van der Waals surface area contributed by atoms with E-state index in [0.717, 1.165) is 42.9 Å². The lowest BCUT2D eigenvalue weighted by Crippen LogP contribution is -2.34. The number of hydrogen-bond acceptors (Lipinski definition) is 3. The van der Waals surface area contributed by atoms with Crippen LogP contribution in [0.3, 0.4) is 0 Å². The quantitative estimate of drug-likeness (QED) is 0.132. The zero-order chi connectivity index (χ0) is 27.4. The first-order chi connectivity index (χ1) is 18.6. The molecule has 1 amide bonds. The zero-order valence-corrected chi connectivity index (χ0v) is 24.6. The summed E-state index contributed by atoms with van der Waals surface area (Å²) in [6, 6.07) is 9.67. The predicted octanol–water partition coefficient (Wildman–Crippen LogP) is 8.35. The second-order valence-corrected chi connectivity index (χ2v) is 10.4. The molecular formula is C33H53N2O3+. The van der Waals surface area contributed by atoms with Gasteiger partial charge in [0.1, 0.15) is 6.54 Å². The Morgan fingerprint density at radius 3 is 1.95 bits per heavy atom. The van der Waals surface area contributed by atoms with Gasteiger partial charge in [-0.05, 0) is 30.5 Å². The van der Waals surface area contributed by atoms with Gasteiger partial charge in [0, 0.05) is 18.6 Å². The van der Waals surface area contributed by atoms with Gasteiger partial charge >= 0.3 is 0 Å². The van der Waals surface area contributed by atoms with E-state index in [2.05, 4.69) is 30.7 Å². The molecule has 0 aliphatic rings. The van der Waals surface area contributed by atoms with Crippen molar-refractivity contribution in [2.24, 2.45) is 0 Å².